The number of hydrogen-bond acceptors (Lipinski definition) is 3. The lowest BCUT2D eigenvalue weighted by atomic mass is 10.1. The SMILES string of the molecule is Clc1ccc(CCNCCNC2C=Cc3ccccc3N2)cc1Cl. The number of hydrogen-bond donors (Lipinski definition) is 3. The molecule has 1 atom stereocenters. The van der Waals surface area contributed by atoms with Gasteiger partial charge in [0.2, 0.25) is 0 Å². The van der Waals surface area contributed by atoms with Crippen LogP contribution in [0.2, 0.25) is 10.0 Å². The van der Waals surface area contributed by atoms with Gasteiger partial charge in [0.1, 0.15) is 0 Å². The van der Waals surface area contributed by atoms with Crippen LogP contribution < -0.4 is 16.0 Å². The lowest BCUT2D eigenvalue weighted by molar-refractivity contribution is 0.589. The van der Waals surface area contributed by atoms with Gasteiger partial charge in [-0.3, -0.25) is 5.32 Å². The first-order valence-corrected chi connectivity index (χ1v) is 8.90. The minimum absolute atomic E-state index is 0.178. The third kappa shape index (κ3) is 4.74. The van der Waals surface area contributed by atoms with Crippen LogP contribution in [0.1, 0.15) is 11.1 Å². The fourth-order valence-corrected chi connectivity index (χ4v) is 3.00. The highest BCUT2D eigenvalue weighted by molar-refractivity contribution is 6.42. The quantitative estimate of drug-likeness (QED) is 0.647. The van der Waals surface area contributed by atoms with Crippen LogP contribution in [0.4, 0.5) is 5.69 Å². The molecule has 0 aliphatic carbocycles. The fourth-order valence-electron chi connectivity index (χ4n) is 2.68. The van der Waals surface area contributed by atoms with Gasteiger partial charge < -0.3 is 10.6 Å². The van der Waals surface area contributed by atoms with Crippen LogP contribution in [0.25, 0.3) is 6.08 Å². The molecule has 0 radical (unpaired) electrons. The maximum absolute atomic E-state index is 6.02. The number of benzene rings is 2. The van der Waals surface area contributed by atoms with Gasteiger partial charge in [-0.1, -0.05) is 53.5 Å². The molecule has 126 valence electrons. The predicted molar refractivity (Wildman–Crippen MR) is 104 cm³/mol. The molecule has 3 N–H and O–H groups in total. The van der Waals surface area contributed by atoms with E-state index >= 15 is 0 Å². The average Bonchev–Trinajstić information content (AvgIpc) is 2.61. The summed E-state index contributed by atoms with van der Waals surface area (Å²) >= 11 is 11.9. The summed E-state index contributed by atoms with van der Waals surface area (Å²) in [7, 11) is 0. The second-order valence-corrected chi connectivity index (χ2v) is 6.59. The maximum atomic E-state index is 6.02. The van der Waals surface area contributed by atoms with E-state index in [1.807, 2.05) is 24.3 Å². The maximum Gasteiger partial charge on any atom is 0.0964 e. The first-order chi connectivity index (χ1) is 11.7. The van der Waals surface area contributed by atoms with Gasteiger partial charge in [0, 0.05) is 18.8 Å². The standard InChI is InChI=1S/C19H21Cl2N3/c20-16-7-5-14(13-17(16)21)9-10-22-11-12-23-19-8-6-15-3-1-2-4-18(15)24-19/h1-8,13,19,22-24H,9-12H2. The molecule has 1 aliphatic heterocycles. The van der Waals surface area contributed by atoms with Gasteiger partial charge in [-0.2, -0.15) is 0 Å². The monoisotopic (exact) mass is 361 g/mol. The molecule has 0 bridgehead atoms. The van der Waals surface area contributed by atoms with Crippen LogP contribution in [0.15, 0.2) is 48.5 Å². The Hall–Kier alpha value is -1.52. The lowest BCUT2D eigenvalue weighted by Crippen LogP contribution is -2.40. The van der Waals surface area contributed by atoms with Crippen molar-refractivity contribution in [3.63, 3.8) is 0 Å². The highest BCUT2D eigenvalue weighted by Gasteiger charge is 2.10. The molecule has 5 heteroatoms. The molecule has 3 rings (SSSR count). The number of rotatable bonds is 7. The molecule has 0 aromatic heterocycles. The summed E-state index contributed by atoms with van der Waals surface area (Å²) in [6.45, 7) is 2.72. The van der Waals surface area contributed by atoms with E-state index in [-0.39, 0.29) is 6.17 Å². The van der Waals surface area contributed by atoms with Gasteiger partial charge in [0.25, 0.3) is 0 Å². The highest BCUT2D eigenvalue weighted by Crippen LogP contribution is 2.23. The minimum atomic E-state index is 0.178. The van der Waals surface area contributed by atoms with Crippen molar-refractivity contribution in [3.05, 3.63) is 69.7 Å². The molecule has 24 heavy (non-hydrogen) atoms. The molecule has 0 amide bonds. The van der Waals surface area contributed by atoms with Crippen LogP contribution in [-0.4, -0.2) is 25.8 Å². The second kappa shape index (κ2) is 8.54. The Morgan fingerprint density at radius 3 is 2.71 bits per heavy atom. The summed E-state index contributed by atoms with van der Waals surface area (Å²) in [5.41, 5.74) is 3.60. The summed E-state index contributed by atoms with van der Waals surface area (Å²) in [6.07, 6.45) is 5.42. The zero-order chi connectivity index (χ0) is 16.8. The molecular formula is C19H21Cl2N3. The van der Waals surface area contributed by atoms with E-state index in [1.165, 1.54) is 16.8 Å². The van der Waals surface area contributed by atoms with E-state index in [4.69, 9.17) is 23.2 Å². The first-order valence-electron chi connectivity index (χ1n) is 8.14. The predicted octanol–water partition coefficient (Wildman–Crippen LogP) is 4.18. The number of para-hydroxylation sites is 1. The van der Waals surface area contributed by atoms with Crippen molar-refractivity contribution in [2.45, 2.75) is 12.6 Å². The Morgan fingerprint density at radius 2 is 1.83 bits per heavy atom. The highest BCUT2D eigenvalue weighted by atomic mass is 35.5. The largest absolute Gasteiger partial charge is 0.366 e. The zero-order valence-electron chi connectivity index (χ0n) is 13.4. The van der Waals surface area contributed by atoms with Gasteiger partial charge in [-0.15, -0.1) is 0 Å². The van der Waals surface area contributed by atoms with Crippen molar-refractivity contribution in [1.29, 1.82) is 0 Å². The Kier molecular flexibility index (Phi) is 6.16. The summed E-state index contributed by atoms with van der Waals surface area (Å²) in [5, 5.41) is 11.6. The van der Waals surface area contributed by atoms with Gasteiger partial charge >= 0.3 is 0 Å². The van der Waals surface area contributed by atoms with Crippen molar-refractivity contribution in [2.75, 3.05) is 25.0 Å². The van der Waals surface area contributed by atoms with Crippen LogP contribution in [0.5, 0.6) is 0 Å². The van der Waals surface area contributed by atoms with Crippen molar-refractivity contribution in [2.24, 2.45) is 0 Å². The van der Waals surface area contributed by atoms with Crippen LogP contribution >= 0.6 is 23.2 Å². The summed E-state index contributed by atoms with van der Waals surface area (Å²) < 4.78 is 0. The number of fused-ring (bicyclic) bond motifs is 1. The molecule has 2 aromatic carbocycles. The molecule has 1 unspecified atom stereocenters. The summed E-state index contributed by atoms with van der Waals surface area (Å²) in [4.78, 5) is 0. The van der Waals surface area contributed by atoms with Crippen LogP contribution in [-0.2, 0) is 6.42 Å². The van der Waals surface area contributed by atoms with Crippen molar-refractivity contribution in [1.82, 2.24) is 10.6 Å². The molecule has 0 saturated heterocycles. The Labute approximate surface area is 153 Å². The third-order valence-corrected chi connectivity index (χ3v) is 4.72. The van der Waals surface area contributed by atoms with E-state index in [2.05, 4.69) is 46.3 Å². The van der Waals surface area contributed by atoms with Crippen LogP contribution in [0, 0.1) is 0 Å². The Bertz CT molecular complexity index is 716. The molecule has 2 aromatic rings. The Balaban J connectivity index is 1.33. The van der Waals surface area contributed by atoms with Crippen molar-refractivity contribution in [3.8, 4) is 0 Å². The number of nitrogens with one attached hydrogen (secondary N) is 3. The number of halogens is 2. The van der Waals surface area contributed by atoms with E-state index in [0.717, 1.165) is 26.1 Å². The molecule has 0 fully saturated rings. The van der Waals surface area contributed by atoms with Crippen molar-refractivity contribution >= 4 is 35.0 Å². The number of anilines is 1. The first kappa shape index (κ1) is 17.3. The molecule has 0 spiro atoms. The smallest absolute Gasteiger partial charge is 0.0964 e. The zero-order valence-corrected chi connectivity index (χ0v) is 14.9. The Morgan fingerprint density at radius 1 is 0.958 bits per heavy atom. The molecule has 1 aliphatic rings. The van der Waals surface area contributed by atoms with Gasteiger partial charge in [0.05, 0.1) is 16.2 Å². The van der Waals surface area contributed by atoms with Crippen LogP contribution in [0.3, 0.4) is 0 Å². The average molecular weight is 362 g/mol. The fraction of sp³-hybridized carbons (Fsp3) is 0.263. The second-order valence-electron chi connectivity index (χ2n) is 5.77. The minimum Gasteiger partial charge on any atom is -0.366 e. The topological polar surface area (TPSA) is 36.1 Å². The van der Waals surface area contributed by atoms with E-state index in [9.17, 15) is 0 Å². The molecule has 1 heterocycles. The van der Waals surface area contributed by atoms with E-state index in [1.54, 1.807) is 0 Å². The lowest BCUT2D eigenvalue weighted by Gasteiger charge is -2.23. The van der Waals surface area contributed by atoms with Gasteiger partial charge in [-0.05, 0) is 48.4 Å². The third-order valence-electron chi connectivity index (χ3n) is 3.98. The molecular weight excluding hydrogens is 341 g/mol. The van der Waals surface area contributed by atoms with Gasteiger partial charge in [-0.25, -0.2) is 0 Å². The summed E-state index contributed by atoms with van der Waals surface area (Å²) in [5.74, 6) is 0. The van der Waals surface area contributed by atoms with E-state index < -0.39 is 0 Å². The summed E-state index contributed by atoms with van der Waals surface area (Å²) in [6, 6.07) is 14.1. The molecule has 3 nitrogen and oxygen atoms in total. The van der Waals surface area contributed by atoms with Crippen molar-refractivity contribution < 1.29 is 0 Å². The van der Waals surface area contributed by atoms with Gasteiger partial charge in [0.15, 0.2) is 0 Å². The normalized spacial score (nSPS) is 15.8. The molecule has 0 saturated carbocycles. The van der Waals surface area contributed by atoms with E-state index in [0.29, 0.717) is 10.0 Å².